The van der Waals surface area contributed by atoms with E-state index in [2.05, 4.69) is 0 Å². The monoisotopic (exact) mass is 222 g/mol. The average molecular weight is 222 g/mol. The number of hydrogen-bond donors (Lipinski definition) is 5. The molecular weight excluding hydrogens is 200 g/mol. The Kier molecular flexibility index (Phi) is 5.69. The Bertz CT molecular complexity index is 168. The van der Waals surface area contributed by atoms with Crippen LogP contribution in [0.4, 0.5) is 0 Å². The van der Waals surface area contributed by atoms with Crippen LogP contribution in [-0.2, 0) is 0 Å². The molecule has 0 heterocycles. The van der Waals surface area contributed by atoms with E-state index in [4.69, 9.17) is 5.11 Å². The van der Waals surface area contributed by atoms with Crippen molar-refractivity contribution >= 4 is 0 Å². The molecule has 0 radical (unpaired) electrons. The van der Waals surface area contributed by atoms with Gasteiger partial charge in [-0.05, 0) is 6.42 Å². The van der Waals surface area contributed by atoms with Crippen molar-refractivity contribution in [2.75, 3.05) is 26.4 Å². The molecule has 0 aromatic carbocycles. The molecule has 0 aliphatic rings. The van der Waals surface area contributed by atoms with Crippen molar-refractivity contribution < 1.29 is 25.5 Å². The highest BCUT2D eigenvalue weighted by atomic mass is 16.3. The van der Waals surface area contributed by atoms with Gasteiger partial charge in [-0.2, -0.15) is 0 Å². The second-order valence-electron chi connectivity index (χ2n) is 4.50. The van der Waals surface area contributed by atoms with Crippen LogP contribution in [0.2, 0.25) is 0 Å². The molecule has 0 fully saturated rings. The summed E-state index contributed by atoms with van der Waals surface area (Å²) >= 11 is 0. The quantitative estimate of drug-likeness (QED) is 0.369. The Morgan fingerprint density at radius 3 is 1.60 bits per heavy atom. The van der Waals surface area contributed by atoms with Crippen LogP contribution in [0.5, 0.6) is 0 Å². The molecule has 15 heavy (non-hydrogen) atoms. The molecule has 5 nitrogen and oxygen atoms in total. The smallest absolute Gasteiger partial charge is 0.0620 e. The van der Waals surface area contributed by atoms with Crippen molar-refractivity contribution in [3.8, 4) is 0 Å². The second kappa shape index (κ2) is 5.77. The molecule has 0 aliphatic heterocycles. The fourth-order valence-corrected chi connectivity index (χ4v) is 1.60. The van der Waals surface area contributed by atoms with E-state index in [9.17, 15) is 20.4 Å². The zero-order chi connectivity index (χ0) is 12.1. The van der Waals surface area contributed by atoms with Crippen molar-refractivity contribution in [2.24, 2.45) is 10.8 Å². The summed E-state index contributed by atoms with van der Waals surface area (Å²) in [6, 6.07) is 0. The van der Waals surface area contributed by atoms with Crippen LogP contribution in [0, 0.1) is 10.8 Å². The van der Waals surface area contributed by atoms with Crippen LogP contribution in [0.15, 0.2) is 0 Å². The fraction of sp³-hybridized carbons (Fsp3) is 1.00. The Morgan fingerprint density at radius 2 is 1.33 bits per heavy atom. The molecule has 0 amide bonds. The average Bonchev–Trinajstić information content (AvgIpc) is 2.21. The predicted octanol–water partition coefficient (Wildman–Crippen LogP) is -1.28. The highest BCUT2D eigenvalue weighted by Crippen LogP contribution is 2.42. The van der Waals surface area contributed by atoms with Crippen molar-refractivity contribution in [2.45, 2.75) is 26.4 Å². The molecule has 0 aromatic rings. The maximum absolute atomic E-state index is 9.81. The summed E-state index contributed by atoms with van der Waals surface area (Å²) in [4.78, 5) is 0. The highest BCUT2D eigenvalue weighted by Gasteiger charge is 2.48. The van der Waals surface area contributed by atoms with E-state index >= 15 is 0 Å². The molecule has 1 atom stereocenters. The minimum Gasteiger partial charge on any atom is -0.396 e. The van der Waals surface area contributed by atoms with Crippen LogP contribution in [0.25, 0.3) is 0 Å². The molecule has 5 heteroatoms. The summed E-state index contributed by atoms with van der Waals surface area (Å²) < 4.78 is 0. The minimum absolute atomic E-state index is 0.148. The maximum Gasteiger partial charge on any atom is 0.0620 e. The molecule has 0 spiro atoms. The standard InChI is InChI=1S/C10H22O5/c1-9(2,8(15)3-4-11)10(5-12,6-13)7-14/h8,11-15H,3-7H2,1-2H3. The van der Waals surface area contributed by atoms with Gasteiger partial charge in [-0.1, -0.05) is 13.8 Å². The van der Waals surface area contributed by atoms with Gasteiger partial charge in [-0.15, -0.1) is 0 Å². The first kappa shape index (κ1) is 14.8. The molecule has 0 saturated heterocycles. The lowest BCUT2D eigenvalue weighted by Gasteiger charge is -2.46. The van der Waals surface area contributed by atoms with Crippen LogP contribution in [-0.4, -0.2) is 58.1 Å². The largest absolute Gasteiger partial charge is 0.396 e. The lowest BCUT2D eigenvalue weighted by Crippen LogP contribution is -2.53. The van der Waals surface area contributed by atoms with Gasteiger partial charge >= 0.3 is 0 Å². The third kappa shape index (κ3) is 2.68. The molecule has 92 valence electrons. The van der Waals surface area contributed by atoms with Gasteiger partial charge in [-0.3, -0.25) is 0 Å². The normalized spacial score (nSPS) is 15.4. The number of rotatable bonds is 7. The third-order valence-corrected chi connectivity index (χ3v) is 3.51. The Labute approximate surface area is 90.0 Å². The minimum atomic E-state index is -1.15. The SMILES string of the molecule is CC(C)(C(O)CCO)C(CO)(CO)CO. The van der Waals surface area contributed by atoms with Gasteiger partial charge in [0.2, 0.25) is 0 Å². The molecule has 5 N–H and O–H groups in total. The van der Waals surface area contributed by atoms with E-state index in [0.29, 0.717) is 0 Å². The van der Waals surface area contributed by atoms with Gasteiger partial charge in [0, 0.05) is 17.4 Å². The van der Waals surface area contributed by atoms with E-state index in [-0.39, 0.29) is 13.0 Å². The molecular formula is C10H22O5. The summed E-state index contributed by atoms with van der Waals surface area (Å²) in [5, 5.41) is 46.3. The summed E-state index contributed by atoms with van der Waals surface area (Å²) in [5.41, 5.74) is -2.03. The zero-order valence-electron chi connectivity index (χ0n) is 9.35. The third-order valence-electron chi connectivity index (χ3n) is 3.51. The second-order valence-corrected chi connectivity index (χ2v) is 4.50. The van der Waals surface area contributed by atoms with E-state index < -0.39 is 36.8 Å². The van der Waals surface area contributed by atoms with Gasteiger partial charge in [0.05, 0.1) is 25.9 Å². The maximum atomic E-state index is 9.81. The van der Waals surface area contributed by atoms with Crippen LogP contribution in [0.3, 0.4) is 0 Å². The van der Waals surface area contributed by atoms with E-state index in [1.54, 1.807) is 13.8 Å². The molecule has 0 rings (SSSR count). The molecule has 0 aliphatic carbocycles. The van der Waals surface area contributed by atoms with Crippen molar-refractivity contribution in [1.29, 1.82) is 0 Å². The van der Waals surface area contributed by atoms with Crippen molar-refractivity contribution in [3.05, 3.63) is 0 Å². The molecule has 0 saturated carbocycles. The topological polar surface area (TPSA) is 101 Å². The highest BCUT2D eigenvalue weighted by molar-refractivity contribution is 4.96. The van der Waals surface area contributed by atoms with Gasteiger partial charge in [-0.25, -0.2) is 0 Å². The van der Waals surface area contributed by atoms with Crippen LogP contribution in [0.1, 0.15) is 20.3 Å². The molecule has 0 aromatic heterocycles. The lowest BCUT2D eigenvalue weighted by atomic mass is 9.63. The first-order valence-corrected chi connectivity index (χ1v) is 5.03. The summed E-state index contributed by atoms with van der Waals surface area (Å²) in [6.45, 7) is 1.86. The van der Waals surface area contributed by atoms with Gasteiger partial charge in [0.15, 0.2) is 0 Å². The van der Waals surface area contributed by atoms with E-state index in [1.165, 1.54) is 0 Å². The first-order chi connectivity index (χ1) is 6.91. The van der Waals surface area contributed by atoms with Crippen LogP contribution < -0.4 is 0 Å². The summed E-state index contributed by atoms with van der Waals surface area (Å²) in [6.07, 6.45) is -0.747. The Morgan fingerprint density at radius 1 is 0.933 bits per heavy atom. The lowest BCUT2D eigenvalue weighted by molar-refractivity contribution is -0.133. The fourth-order valence-electron chi connectivity index (χ4n) is 1.60. The van der Waals surface area contributed by atoms with E-state index in [0.717, 1.165) is 0 Å². The van der Waals surface area contributed by atoms with Crippen molar-refractivity contribution in [3.63, 3.8) is 0 Å². The first-order valence-electron chi connectivity index (χ1n) is 5.03. The predicted molar refractivity (Wildman–Crippen MR) is 55.2 cm³/mol. The Balaban J connectivity index is 4.92. The Hall–Kier alpha value is -0.200. The summed E-state index contributed by atoms with van der Waals surface area (Å²) in [7, 11) is 0. The number of aliphatic hydroxyl groups excluding tert-OH is 5. The number of aliphatic hydroxyl groups is 5. The molecule has 0 bridgehead atoms. The van der Waals surface area contributed by atoms with Gasteiger partial charge in [0.25, 0.3) is 0 Å². The zero-order valence-corrected chi connectivity index (χ0v) is 9.35. The molecule has 1 unspecified atom stereocenters. The van der Waals surface area contributed by atoms with Gasteiger partial charge < -0.3 is 25.5 Å². The van der Waals surface area contributed by atoms with Crippen LogP contribution >= 0.6 is 0 Å². The summed E-state index contributed by atoms with van der Waals surface area (Å²) in [5.74, 6) is 0. The van der Waals surface area contributed by atoms with Crippen molar-refractivity contribution in [1.82, 2.24) is 0 Å². The number of hydrogen-bond acceptors (Lipinski definition) is 5. The van der Waals surface area contributed by atoms with Gasteiger partial charge in [0.1, 0.15) is 0 Å². The van der Waals surface area contributed by atoms with E-state index in [1.807, 2.05) is 0 Å².